The molecule has 0 aliphatic carbocycles. The molecule has 1 aliphatic rings. The van der Waals surface area contributed by atoms with Gasteiger partial charge in [0.25, 0.3) is 0 Å². The zero-order chi connectivity index (χ0) is 34.2. The molecule has 0 fully saturated rings. The number of nitriles is 1. The van der Waals surface area contributed by atoms with E-state index in [1.807, 2.05) is 43.3 Å². The zero-order valence-electron chi connectivity index (χ0n) is 26.7. The summed E-state index contributed by atoms with van der Waals surface area (Å²) in [6.45, 7) is 3.60. The molecule has 2 N–H and O–H groups in total. The number of nitrogens with one attached hydrogen (secondary N) is 1. The Kier molecular flexibility index (Phi) is 10.5. The van der Waals surface area contributed by atoms with Crippen LogP contribution in [0.1, 0.15) is 33.4 Å². The fourth-order valence-corrected chi connectivity index (χ4v) is 5.74. The number of benzene rings is 3. The van der Waals surface area contributed by atoms with E-state index in [0.717, 1.165) is 39.3 Å². The van der Waals surface area contributed by atoms with E-state index in [-0.39, 0.29) is 26.2 Å². The number of fused-ring (bicyclic) bond motifs is 1. The van der Waals surface area contributed by atoms with Crippen LogP contribution in [0, 0.1) is 18.3 Å². The summed E-state index contributed by atoms with van der Waals surface area (Å²) in [4.78, 5) is 20.3. The molecule has 1 aliphatic heterocycles. The Morgan fingerprint density at radius 3 is 2.55 bits per heavy atom. The van der Waals surface area contributed by atoms with Crippen LogP contribution in [0.25, 0.3) is 11.1 Å². The maximum atomic E-state index is 12.1. The predicted molar refractivity (Wildman–Crippen MR) is 183 cm³/mol. The molecular weight excluding hydrogens is 644 g/mol. The lowest BCUT2D eigenvalue weighted by Gasteiger charge is -2.20. The second-order valence-electron chi connectivity index (χ2n) is 11.4. The van der Waals surface area contributed by atoms with Gasteiger partial charge in [0.2, 0.25) is 0 Å². The maximum absolute atomic E-state index is 12.1. The van der Waals surface area contributed by atoms with Gasteiger partial charge in [-0.1, -0.05) is 41.9 Å². The minimum absolute atomic E-state index is 0.116. The van der Waals surface area contributed by atoms with Crippen LogP contribution in [0.5, 0.6) is 23.0 Å². The van der Waals surface area contributed by atoms with Crippen molar-refractivity contribution in [2.75, 3.05) is 13.2 Å². The minimum atomic E-state index is -0.995. The Bertz CT molecular complexity index is 2000. The van der Waals surface area contributed by atoms with Crippen LogP contribution >= 0.6 is 11.6 Å². The van der Waals surface area contributed by atoms with Gasteiger partial charge in [-0.05, 0) is 71.5 Å². The standard InChI is InChI=1S/C38H33ClN4O6/c1-24-29(5-2-6-31(24)28-7-8-34-37(15-28)47-11-10-46-34)23-49-36-16-35(48-22-27-12-26(17-40)19-42-20-27)30(14-32(36)39)21-43-33(38(44)45)13-25-4-3-9-41-18-25/h2-9,12,14-16,18-20,33,43H,10-11,13,21-23H2,1H3,(H,44,45)/t33-/m0/s1. The van der Waals surface area contributed by atoms with Crippen LogP contribution in [-0.4, -0.2) is 40.3 Å². The van der Waals surface area contributed by atoms with Crippen LogP contribution < -0.4 is 24.3 Å². The minimum Gasteiger partial charge on any atom is -0.488 e. The van der Waals surface area contributed by atoms with Crippen LogP contribution in [0.4, 0.5) is 0 Å². The molecule has 1 atom stereocenters. The molecular formula is C38H33ClN4O6. The van der Waals surface area contributed by atoms with Gasteiger partial charge in [0.05, 0.1) is 10.6 Å². The third-order valence-corrected chi connectivity index (χ3v) is 8.41. The van der Waals surface area contributed by atoms with Crippen LogP contribution in [0.2, 0.25) is 5.02 Å². The van der Waals surface area contributed by atoms with E-state index in [9.17, 15) is 15.2 Å². The lowest BCUT2D eigenvalue weighted by Crippen LogP contribution is -2.38. The highest BCUT2D eigenvalue weighted by Crippen LogP contribution is 2.37. The van der Waals surface area contributed by atoms with Crippen molar-refractivity contribution in [3.63, 3.8) is 0 Å². The number of carboxylic acids is 1. The van der Waals surface area contributed by atoms with Gasteiger partial charge in [-0.15, -0.1) is 0 Å². The molecule has 0 amide bonds. The lowest BCUT2D eigenvalue weighted by molar-refractivity contribution is -0.139. The first-order valence-electron chi connectivity index (χ1n) is 15.6. The molecule has 0 spiro atoms. The number of carbonyl (C=O) groups is 1. The molecule has 6 rings (SSSR count). The predicted octanol–water partition coefficient (Wildman–Crippen LogP) is 6.69. The molecule has 0 radical (unpaired) electrons. The number of aromatic nitrogens is 2. The second kappa shape index (κ2) is 15.5. The number of hydrogen-bond donors (Lipinski definition) is 2. The van der Waals surface area contributed by atoms with Crippen molar-refractivity contribution in [3.05, 3.63) is 130 Å². The van der Waals surface area contributed by atoms with Crippen molar-refractivity contribution < 1.29 is 28.8 Å². The molecule has 0 unspecified atom stereocenters. The van der Waals surface area contributed by atoms with Gasteiger partial charge in [0.15, 0.2) is 11.5 Å². The average Bonchev–Trinajstić information content (AvgIpc) is 3.13. The molecule has 10 nitrogen and oxygen atoms in total. The highest BCUT2D eigenvalue weighted by molar-refractivity contribution is 6.32. The summed E-state index contributed by atoms with van der Waals surface area (Å²) in [5, 5.41) is 22.7. The fourth-order valence-electron chi connectivity index (χ4n) is 5.50. The van der Waals surface area contributed by atoms with Crippen LogP contribution in [0.3, 0.4) is 0 Å². The molecule has 0 bridgehead atoms. The van der Waals surface area contributed by atoms with E-state index < -0.39 is 12.0 Å². The van der Waals surface area contributed by atoms with Crippen molar-refractivity contribution in [1.29, 1.82) is 5.26 Å². The van der Waals surface area contributed by atoms with Gasteiger partial charge in [-0.2, -0.15) is 5.26 Å². The Morgan fingerprint density at radius 1 is 0.939 bits per heavy atom. The molecule has 11 heteroatoms. The summed E-state index contributed by atoms with van der Waals surface area (Å²) in [5.74, 6) is 1.31. The van der Waals surface area contributed by atoms with E-state index in [1.54, 1.807) is 42.9 Å². The van der Waals surface area contributed by atoms with Gasteiger partial charge in [-0.25, -0.2) is 0 Å². The molecule has 3 heterocycles. The number of ether oxygens (including phenoxy) is 4. The Labute approximate surface area is 288 Å². The summed E-state index contributed by atoms with van der Waals surface area (Å²) in [6, 6.07) is 21.9. The molecule has 5 aromatic rings. The van der Waals surface area contributed by atoms with E-state index in [1.165, 1.54) is 6.20 Å². The van der Waals surface area contributed by atoms with Gasteiger partial charge >= 0.3 is 5.97 Å². The number of nitrogens with zero attached hydrogens (tertiary/aromatic N) is 3. The van der Waals surface area contributed by atoms with Crippen LogP contribution in [0.15, 0.2) is 91.5 Å². The Morgan fingerprint density at radius 2 is 1.76 bits per heavy atom. The number of pyridine rings is 2. The Hall–Kier alpha value is -5.63. The molecule has 0 saturated carbocycles. The highest BCUT2D eigenvalue weighted by atomic mass is 35.5. The van der Waals surface area contributed by atoms with Crippen molar-refractivity contribution in [2.24, 2.45) is 0 Å². The number of aliphatic carboxylic acids is 1. The molecule has 3 aromatic carbocycles. The number of halogens is 1. The van der Waals surface area contributed by atoms with Gasteiger partial charge in [0.1, 0.15) is 50.0 Å². The summed E-state index contributed by atoms with van der Waals surface area (Å²) >= 11 is 6.76. The summed E-state index contributed by atoms with van der Waals surface area (Å²) in [7, 11) is 0. The van der Waals surface area contributed by atoms with E-state index in [4.69, 9.17) is 30.5 Å². The topological polar surface area (TPSA) is 136 Å². The SMILES string of the molecule is Cc1c(COc2cc(OCc3cncc(C#N)c3)c(CN[C@@H](Cc3cccnc3)C(=O)O)cc2Cl)cccc1-c1ccc2c(c1)OCCO2. The summed E-state index contributed by atoms with van der Waals surface area (Å²) in [5.41, 5.74) is 6.60. The normalized spacial score (nSPS) is 12.5. The van der Waals surface area contributed by atoms with E-state index in [0.29, 0.717) is 46.4 Å². The first-order valence-corrected chi connectivity index (χ1v) is 16.0. The smallest absolute Gasteiger partial charge is 0.321 e. The second-order valence-corrected chi connectivity index (χ2v) is 11.9. The van der Waals surface area contributed by atoms with Crippen molar-refractivity contribution in [3.8, 4) is 40.2 Å². The molecule has 49 heavy (non-hydrogen) atoms. The van der Waals surface area contributed by atoms with Crippen molar-refractivity contribution in [1.82, 2.24) is 15.3 Å². The quantitative estimate of drug-likeness (QED) is 0.139. The first-order chi connectivity index (χ1) is 23.9. The van der Waals surface area contributed by atoms with Gasteiger partial charge in [-0.3, -0.25) is 20.1 Å². The first kappa shape index (κ1) is 33.3. The molecule has 0 saturated heterocycles. The van der Waals surface area contributed by atoms with E-state index in [2.05, 4.69) is 27.4 Å². The van der Waals surface area contributed by atoms with Gasteiger partial charge < -0.3 is 24.1 Å². The fraction of sp³-hybridized carbons (Fsp3) is 0.211. The lowest BCUT2D eigenvalue weighted by atomic mass is 9.96. The van der Waals surface area contributed by atoms with Crippen molar-refractivity contribution >= 4 is 17.6 Å². The maximum Gasteiger partial charge on any atom is 0.321 e. The van der Waals surface area contributed by atoms with E-state index >= 15 is 0 Å². The summed E-state index contributed by atoms with van der Waals surface area (Å²) in [6.07, 6.45) is 6.63. The monoisotopic (exact) mass is 676 g/mol. The average molecular weight is 677 g/mol. The Balaban J connectivity index is 1.23. The third kappa shape index (κ3) is 8.27. The van der Waals surface area contributed by atoms with Crippen molar-refractivity contribution in [2.45, 2.75) is 39.1 Å². The molecule has 2 aromatic heterocycles. The molecule has 248 valence electrons. The zero-order valence-corrected chi connectivity index (χ0v) is 27.4. The van der Waals surface area contributed by atoms with Crippen LogP contribution in [-0.2, 0) is 31.0 Å². The summed E-state index contributed by atoms with van der Waals surface area (Å²) < 4.78 is 24.0. The third-order valence-electron chi connectivity index (χ3n) is 8.12. The van der Waals surface area contributed by atoms with Gasteiger partial charge in [0, 0.05) is 48.5 Å². The number of carboxylic acid groups (broad SMARTS) is 1. The number of rotatable bonds is 13. The number of hydrogen-bond acceptors (Lipinski definition) is 9. The highest BCUT2D eigenvalue weighted by Gasteiger charge is 2.20. The largest absolute Gasteiger partial charge is 0.488 e.